The average Bonchev–Trinajstić information content (AvgIpc) is 2.29. The van der Waals surface area contributed by atoms with E-state index in [4.69, 9.17) is 9.47 Å². The Morgan fingerprint density at radius 2 is 1.75 bits per heavy atom. The average molecular weight is 240 g/mol. The number of hydrogen-bond acceptors (Lipinski definition) is 3. The molecule has 0 aliphatic rings. The van der Waals surface area contributed by atoms with E-state index < -0.39 is 0 Å². The number of benzene rings is 1. The van der Waals surface area contributed by atoms with Crippen LogP contribution in [0.5, 0.6) is 11.5 Å². The minimum absolute atomic E-state index is 0.709. The zero-order chi connectivity index (χ0) is 11.8. The van der Waals surface area contributed by atoms with Gasteiger partial charge in [0.25, 0.3) is 0 Å². The highest BCUT2D eigenvalue weighted by Crippen LogP contribution is 2.17. The van der Waals surface area contributed by atoms with Crippen molar-refractivity contribution in [1.82, 2.24) is 0 Å². The van der Waals surface area contributed by atoms with Crippen molar-refractivity contribution >= 4 is 11.8 Å². The van der Waals surface area contributed by atoms with Crippen LogP contribution in [0, 0.1) is 0 Å². The molecule has 0 N–H and O–H groups in total. The van der Waals surface area contributed by atoms with E-state index in [1.54, 1.807) is 7.11 Å². The summed E-state index contributed by atoms with van der Waals surface area (Å²) in [6, 6.07) is 7.71. The standard InChI is InChI=1S/C13H20O2S/c1-11(2)16-10-4-9-15-13-7-5-12(14-3)6-8-13/h5-8,11H,4,9-10H2,1-3H3. The van der Waals surface area contributed by atoms with Crippen molar-refractivity contribution in [1.29, 1.82) is 0 Å². The number of thioether (sulfide) groups is 1. The van der Waals surface area contributed by atoms with Crippen LogP contribution in [0.2, 0.25) is 0 Å². The summed E-state index contributed by atoms with van der Waals surface area (Å²) in [5.74, 6) is 2.94. The predicted molar refractivity (Wildman–Crippen MR) is 70.7 cm³/mol. The summed E-state index contributed by atoms with van der Waals surface area (Å²) in [5, 5.41) is 0.709. The van der Waals surface area contributed by atoms with Gasteiger partial charge in [0.05, 0.1) is 13.7 Å². The van der Waals surface area contributed by atoms with Gasteiger partial charge in [-0.2, -0.15) is 11.8 Å². The van der Waals surface area contributed by atoms with Gasteiger partial charge in [0.1, 0.15) is 11.5 Å². The molecular weight excluding hydrogens is 220 g/mol. The third-order valence-corrected chi connectivity index (χ3v) is 3.26. The molecule has 0 saturated heterocycles. The minimum atomic E-state index is 0.709. The molecule has 0 atom stereocenters. The van der Waals surface area contributed by atoms with Crippen LogP contribution in [0.25, 0.3) is 0 Å². The molecule has 16 heavy (non-hydrogen) atoms. The number of ether oxygens (including phenoxy) is 2. The number of rotatable bonds is 7. The quantitative estimate of drug-likeness (QED) is 0.678. The van der Waals surface area contributed by atoms with Gasteiger partial charge in [0, 0.05) is 0 Å². The lowest BCUT2D eigenvalue weighted by Crippen LogP contribution is -2.00. The normalized spacial score (nSPS) is 10.5. The summed E-state index contributed by atoms with van der Waals surface area (Å²) in [6.45, 7) is 5.22. The topological polar surface area (TPSA) is 18.5 Å². The summed E-state index contributed by atoms with van der Waals surface area (Å²) in [7, 11) is 1.67. The lowest BCUT2D eigenvalue weighted by atomic mass is 10.3. The van der Waals surface area contributed by atoms with Crippen LogP contribution >= 0.6 is 11.8 Å². The van der Waals surface area contributed by atoms with Crippen molar-refractivity contribution in [2.45, 2.75) is 25.5 Å². The Hall–Kier alpha value is -0.830. The Morgan fingerprint density at radius 3 is 2.31 bits per heavy atom. The van der Waals surface area contributed by atoms with E-state index >= 15 is 0 Å². The molecule has 1 aromatic carbocycles. The molecule has 90 valence electrons. The smallest absolute Gasteiger partial charge is 0.119 e. The summed E-state index contributed by atoms with van der Waals surface area (Å²) >= 11 is 1.97. The maximum absolute atomic E-state index is 5.62. The van der Waals surface area contributed by atoms with Crippen LogP contribution in [0.3, 0.4) is 0 Å². The van der Waals surface area contributed by atoms with Gasteiger partial charge >= 0.3 is 0 Å². The van der Waals surface area contributed by atoms with Gasteiger partial charge < -0.3 is 9.47 Å². The van der Waals surface area contributed by atoms with Gasteiger partial charge in [0.15, 0.2) is 0 Å². The molecule has 0 aliphatic carbocycles. The van der Waals surface area contributed by atoms with Crippen molar-refractivity contribution in [3.05, 3.63) is 24.3 Å². The molecule has 1 aromatic rings. The second-order valence-electron chi connectivity index (χ2n) is 3.80. The fourth-order valence-corrected chi connectivity index (χ4v) is 2.00. The molecule has 0 spiro atoms. The lowest BCUT2D eigenvalue weighted by molar-refractivity contribution is 0.318. The molecule has 0 saturated carbocycles. The van der Waals surface area contributed by atoms with E-state index in [1.807, 2.05) is 36.0 Å². The Kier molecular flexibility index (Phi) is 6.16. The third-order valence-electron chi connectivity index (χ3n) is 2.07. The molecule has 0 aliphatic heterocycles. The third kappa shape index (κ3) is 5.31. The Morgan fingerprint density at radius 1 is 1.12 bits per heavy atom. The molecule has 3 heteroatoms. The van der Waals surface area contributed by atoms with Crippen LogP contribution in [0.15, 0.2) is 24.3 Å². The second-order valence-corrected chi connectivity index (χ2v) is 5.48. The van der Waals surface area contributed by atoms with Crippen LogP contribution < -0.4 is 9.47 Å². The maximum Gasteiger partial charge on any atom is 0.119 e. The van der Waals surface area contributed by atoms with Crippen LogP contribution in [0.1, 0.15) is 20.3 Å². The lowest BCUT2D eigenvalue weighted by Gasteiger charge is -2.07. The van der Waals surface area contributed by atoms with Gasteiger partial charge in [-0.15, -0.1) is 0 Å². The zero-order valence-corrected chi connectivity index (χ0v) is 11.0. The Bertz CT molecular complexity index is 282. The molecule has 0 aromatic heterocycles. The second kappa shape index (κ2) is 7.44. The number of hydrogen-bond donors (Lipinski definition) is 0. The fraction of sp³-hybridized carbons (Fsp3) is 0.538. The van der Waals surface area contributed by atoms with Crippen molar-refractivity contribution in [3.63, 3.8) is 0 Å². The highest BCUT2D eigenvalue weighted by atomic mass is 32.2. The van der Waals surface area contributed by atoms with E-state index in [2.05, 4.69) is 13.8 Å². The number of methoxy groups -OCH3 is 1. The summed E-state index contributed by atoms with van der Waals surface area (Å²) in [4.78, 5) is 0. The largest absolute Gasteiger partial charge is 0.497 e. The van der Waals surface area contributed by atoms with Gasteiger partial charge in [-0.1, -0.05) is 13.8 Å². The summed E-state index contributed by atoms with van der Waals surface area (Å²) in [6.07, 6.45) is 1.09. The molecule has 0 amide bonds. The van der Waals surface area contributed by atoms with E-state index in [0.717, 1.165) is 30.3 Å². The molecule has 0 fully saturated rings. The highest BCUT2D eigenvalue weighted by Gasteiger charge is 1.97. The zero-order valence-electron chi connectivity index (χ0n) is 10.2. The summed E-state index contributed by atoms with van der Waals surface area (Å²) < 4.78 is 10.7. The van der Waals surface area contributed by atoms with E-state index in [-0.39, 0.29) is 0 Å². The highest BCUT2D eigenvalue weighted by molar-refractivity contribution is 7.99. The molecule has 0 unspecified atom stereocenters. The predicted octanol–water partition coefficient (Wildman–Crippen LogP) is 3.61. The van der Waals surface area contributed by atoms with Crippen LogP contribution in [-0.2, 0) is 0 Å². The molecule has 2 nitrogen and oxygen atoms in total. The van der Waals surface area contributed by atoms with Crippen LogP contribution in [-0.4, -0.2) is 24.7 Å². The fourth-order valence-electron chi connectivity index (χ4n) is 1.24. The van der Waals surface area contributed by atoms with E-state index in [9.17, 15) is 0 Å². The molecule has 0 radical (unpaired) electrons. The van der Waals surface area contributed by atoms with Crippen molar-refractivity contribution < 1.29 is 9.47 Å². The first kappa shape index (κ1) is 13.2. The monoisotopic (exact) mass is 240 g/mol. The SMILES string of the molecule is COc1ccc(OCCCSC(C)C)cc1. The molecule has 0 bridgehead atoms. The van der Waals surface area contributed by atoms with Gasteiger partial charge in [0.2, 0.25) is 0 Å². The maximum atomic E-state index is 5.62. The van der Waals surface area contributed by atoms with E-state index in [1.165, 1.54) is 0 Å². The van der Waals surface area contributed by atoms with Crippen molar-refractivity contribution in [2.75, 3.05) is 19.5 Å². The van der Waals surface area contributed by atoms with Crippen LogP contribution in [0.4, 0.5) is 0 Å². The first-order valence-electron chi connectivity index (χ1n) is 5.61. The first-order chi connectivity index (χ1) is 7.72. The van der Waals surface area contributed by atoms with Gasteiger partial charge in [-0.25, -0.2) is 0 Å². The molecular formula is C13H20O2S. The van der Waals surface area contributed by atoms with Crippen molar-refractivity contribution in [2.24, 2.45) is 0 Å². The molecule has 0 heterocycles. The summed E-state index contributed by atoms with van der Waals surface area (Å²) in [5.41, 5.74) is 0. The van der Waals surface area contributed by atoms with E-state index in [0.29, 0.717) is 5.25 Å². The Labute approximate surface area is 102 Å². The molecule has 1 rings (SSSR count). The van der Waals surface area contributed by atoms with Gasteiger partial charge in [-0.3, -0.25) is 0 Å². The van der Waals surface area contributed by atoms with Crippen molar-refractivity contribution in [3.8, 4) is 11.5 Å². The minimum Gasteiger partial charge on any atom is -0.497 e. The Balaban J connectivity index is 2.16. The first-order valence-corrected chi connectivity index (χ1v) is 6.65. The van der Waals surface area contributed by atoms with Gasteiger partial charge in [-0.05, 0) is 41.7 Å².